The second-order valence-electron chi connectivity index (χ2n) is 3.69. The van der Waals surface area contributed by atoms with Crippen molar-refractivity contribution in [3.63, 3.8) is 0 Å². The van der Waals surface area contributed by atoms with Crippen LogP contribution in [0.25, 0.3) is 10.7 Å². The van der Waals surface area contributed by atoms with Gasteiger partial charge in [-0.25, -0.2) is 9.78 Å². The third-order valence-electron chi connectivity index (χ3n) is 2.30. The van der Waals surface area contributed by atoms with Crippen LogP contribution in [0.1, 0.15) is 23.0 Å². The summed E-state index contributed by atoms with van der Waals surface area (Å²) in [6.07, 6.45) is -3.39. The van der Waals surface area contributed by atoms with Crippen LogP contribution in [0, 0.1) is 0 Å². The Labute approximate surface area is 116 Å². The first-order chi connectivity index (χ1) is 9.41. The van der Waals surface area contributed by atoms with Gasteiger partial charge in [0.25, 0.3) is 0 Å². The maximum atomic E-state index is 12.6. The Kier molecular flexibility index (Phi) is 4.03. The summed E-state index contributed by atoms with van der Waals surface area (Å²) in [5, 5.41) is 1.66. The summed E-state index contributed by atoms with van der Waals surface area (Å²) < 4.78 is 42.6. The van der Waals surface area contributed by atoms with E-state index in [1.54, 1.807) is 6.92 Å². The highest BCUT2D eigenvalue weighted by Gasteiger charge is 2.31. The van der Waals surface area contributed by atoms with E-state index in [9.17, 15) is 18.0 Å². The molecule has 0 fully saturated rings. The average molecular weight is 302 g/mol. The molecule has 2 aromatic heterocycles. The third kappa shape index (κ3) is 3.13. The summed E-state index contributed by atoms with van der Waals surface area (Å²) in [7, 11) is 0. The first kappa shape index (κ1) is 14.4. The van der Waals surface area contributed by atoms with Gasteiger partial charge < -0.3 is 4.74 Å². The molecule has 0 spiro atoms. The summed E-state index contributed by atoms with van der Waals surface area (Å²) in [6.45, 7) is 1.85. The van der Waals surface area contributed by atoms with E-state index in [2.05, 4.69) is 9.97 Å². The van der Waals surface area contributed by atoms with E-state index in [0.717, 1.165) is 29.7 Å². The molecule has 0 saturated heterocycles. The van der Waals surface area contributed by atoms with Gasteiger partial charge in [0.15, 0.2) is 5.69 Å². The highest BCUT2D eigenvalue weighted by Crippen LogP contribution is 2.31. The number of rotatable bonds is 3. The number of ether oxygens (including phenoxy) is 1. The lowest BCUT2D eigenvalue weighted by Gasteiger charge is -2.06. The smallest absolute Gasteiger partial charge is 0.416 e. The summed E-state index contributed by atoms with van der Waals surface area (Å²) in [5.41, 5.74) is -0.679. The zero-order valence-electron chi connectivity index (χ0n) is 10.3. The van der Waals surface area contributed by atoms with Crippen molar-refractivity contribution in [3.05, 3.63) is 35.0 Å². The number of pyridine rings is 1. The molecule has 0 amide bonds. The highest BCUT2D eigenvalue weighted by molar-refractivity contribution is 7.13. The van der Waals surface area contributed by atoms with E-state index in [-0.39, 0.29) is 23.0 Å². The molecule has 0 aliphatic carbocycles. The lowest BCUT2D eigenvalue weighted by molar-refractivity contribution is -0.137. The number of hydrogen-bond donors (Lipinski definition) is 0. The Hall–Kier alpha value is -1.96. The maximum Gasteiger partial charge on any atom is 0.416 e. The molecule has 2 heterocycles. The van der Waals surface area contributed by atoms with E-state index < -0.39 is 17.7 Å². The van der Waals surface area contributed by atoms with Crippen LogP contribution < -0.4 is 0 Å². The van der Waals surface area contributed by atoms with Gasteiger partial charge in [-0.1, -0.05) is 0 Å². The molecule has 0 aromatic carbocycles. The van der Waals surface area contributed by atoms with Crippen LogP contribution in [0.5, 0.6) is 0 Å². The lowest BCUT2D eigenvalue weighted by Crippen LogP contribution is -2.06. The van der Waals surface area contributed by atoms with Gasteiger partial charge in [-0.2, -0.15) is 13.2 Å². The van der Waals surface area contributed by atoms with Gasteiger partial charge in [0.1, 0.15) is 5.01 Å². The van der Waals surface area contributed by atoms with Gasteiger partial charge in [0, 0.05) is 11.6 Å². The molecule has 8 heteroatoms. The van der Waals surface area contributed by atoms with E-state index in [1.807, 2.05) is 0 Å². The predicted molar refractivity (Wildman–Crippen MR) is 66.3 cm³/mol. The molecular weight excluding hydrogens is 293 g/mol. The van der Waals surface area contributed by atoms with Crippen LogP contribution in [-0.2, 0) is 10.9 Å². The van der Waals surface area contributed by atoms with Gasteiger partial charge in [0.05, 0.1) is 17.9 Å². The van der Waals surface area contributed by atoms with Gasteiger partial charge in [-0.05, 0) is 19.1 Å². The molecule has 2 aromatic rings. The standard InChI is InChI=1S/C12H9F3N2O2S/c1-2-19-11(18)9-6-20-10(17-9)8-5-7(3-4-16-8)12(13,14)15/h3-6H,2H2,1H3. The largest absolute Gasteiger partial charge is 0.461 e. The molecule has 106 valence electrons. The van der Waals surface area contributed by atoms with Gasteiger partial charge >= 0.3 is 12.1 Å². The quantitative estimate of drug-likeness (QED) is 0.815. The van der Waals surface area contributed by atoms with E-state index >= 15 is 0 Å². The monoisotopic (exact) mass is 302 g/mol. The van der Waals surface area contributed by atoms with Gasteiger partial charge in [-0.3, -0.25) is 4.98 Å². The molecule has 2 rings (SSSR count). The molecule has 0 radical (unpaired) electrons. The Morgan fingerprint density at radius 1 is 1.45 bits per heavy atom. The number of thiazole rings is 1. The first-order valence-electron chi connectivity index (χ1n) is 5.58. The number of nitrogens with zero attached hydrogens (tertiary/aromatic N) is 2. The van der Waals surface area contributed by atoms with E-state index in [1.165, 1.54) is 5.38 Å². The van der Waals surface area contributed by atoms with E-state index in [4.69, 9.17) is 4.74 Å². The Bertz CT molecular complexity index is 625. The molecule has 0 aliphatic heterocycles. The number of alkyl halides is 3. The zero-order valence-corrected chi connectivity index (χ0v) is 11.1. The molecule has 0 bridgehead atoms. The molecule has 0 N–H and O–H groups in total. The first-order valence-corrected chi connectivity index (χ1v) is 6.46. The number of aromatic nitrogens is 2. The topological polar surface area (TPSA) is 52.1 Å². The Balaban J connectivity index is 2.31. The van der Waals surface area contributed by atoms with Crippen molar-refractivity contribution in [2.45, 2.75) is 13.1 Å². The molecule has 20 heavy (non-hydrogen) atoms. The van der Waals surface area contributed by atoms with Gasteiger partial charge in [0.2, 0.25) is 0 Å². The Morgan fingerprint density at radius 3 is 2.85 bits per heavy atom. The number of hydrogen-bond acceptors (Lipinski definition) is 5. The normalized spacial score (nSPS) is 11.4. The minimum absolute atomic E-state index is 0.0612. The van der Waals surface area contributed by atoms with Crippen LogP contribution in [0.4, 0.5) is 13.2 Å². The SMILES string of the molecule is CCOC(=O)c1csc(-c2cc(C(F)(F)F)ccn2)n1. The summed E-state index contributed by atoms with van der Waals surface area (Å²) in [5.74, 6) is -0.609. The van der Waals surface area contributed by atoms with Crippen molar-refractivity contribution >= 4 is 17.3 Å². The second kappa shape index (κ2) is 5.58. The van der Waals surface area contributed by atoms with Crippen LogP contribution in [0.15, 0.2) is 23.7 Å². The maximum absolute atomic E-state index is 12.6. The summed E-state index contributed by atoms with van der Waals surface area (Å²) in [4.78, 5) is 19.2. The zero-order chi connectivity index (χ0) is 14.8. The fraction of sp³-hybridized carbons (Fsp3) is 0.250. The van der Waals surface area contributed by atoms with Crippen molar-refractivity contribution < 1.29 is 22.7 Å². The molecule has 0 atom stereocenters. The molecule has 0 unspecified atom stereocenters. The second-order valence-corrected chi connectivity index (χ2v) is 4.54. The van der Waals surface area contributed by atoms with Crippen molar-refractivity contribution in [2.75, 3.05) is 6.61 Å². The fourth-order valence-corrected chi connectivity index (χ4v) is 2.17. The van der Waals surface area contributed by atoms with Crippen LogP contribution in [-0.4, -0.2) is 22.5 Å². The summed E-state index contributed by atoms with van der Waals surface area (Å²) >= 11 is 1.03. The number of carbonyl (C=O) groups is 1. The predicted octanol–water partition coefficient (Wildman–Crippen LogP) is 3.40. The summed E-state index contributed by atoms with van der Waals surface area (Å²) in [6, 6.07) is 1.77. The number of esters is 1. The molecule has 0 saturated carbocycles. The number of carbonyl (C=O) groups excluding carboxylic acids is 1. The average Bonchev–Trinajstić information content (AvgIpc) is 2.88. The molecule has 4 nitrogen and oxygen atoms in total. The van der Waals surface area contributed by atoms with E-state index in [0.29, 0.717) is 0 Å². The van der Waals surface area contributed by atoms with Gasteiger partial charge in [-0.15, -0.1) is 11.3 Å². The van der Waals surface area contributed by atoms with Crippen molar-refractivity contribution in [3.8, 4) is 10.7 Å². The van der Waals surface area contributed by atoms with Crippen molar-refractivity contribution in [2.24, 2.45) is 0 Å². The lowest BCUT2D eigenvalue weighted by atomic mass is 10.2. The van der Waals surface area contributed by atoms with Crippen molar-refractivity contribution in [1.29, 1.82) is 0 Å². The van der Waals surface area contributed by atoms with Crippen LogP contribution in [0.3, 0.4) is 0 Å². The minimum Gasteiger partial charge on any atom is -0.461 e. The molecule has 0 aliphatic rings. The van der Waals surface area contributed by atoms with Crippen molar-refractivity contribution in [1.82, 2.24) is 9.97 Å². The number of halogens is 3. The highest BCUT2D eigenvalue weighted by atomic mass is 32.1. The van der Waals surface area contributed by atoms with Crippen LogP contribution >= 0.6 is 11.3 Å². The minimum atomic E-state index is -4.45. The van der Waals surface area contributed by atoms with Crippen LogP contribution in [0.2, 0.25) is 0 Å². The molecular formula is C12H9F3N2O2S. The third-order valence-corrected chi connectivity index (χ3v) is 3.16. The Morgan fingerprint density at radius 2 is 2.20 bits per heavy atom. The fourth-order valence-electron chi connectivity index (χ4n) is 1.41.